The number of amides is 1. The third-order valence-electron chi connectivity index (χ3n) is 17.1. The second-order valence-electron chi connectivity index (χ2n) is 22.2. The van der Waals surface area contributed by atoms with Crippen molar-refractivity contribution in [1.82, 2.24) is 24.5 Å². The lowest BCUT2D eigenvalue weighted by atomic mass is 9.59. The molecule has 2 aromatic heterocycles. The van der Waals surface area contributed by atoms with E-state index in [0.29, 0.717) is 48.8 Å². The highest BCUT2D eigenvalue weighted by molar-refractivity contribution is 7.90. The van der Waals surface area contributed by atoms with E-state index in [1.807, 2.05) is 31.2 Å². The molecule has 1 spiro atoms. The Morgan fingerprint density at radius 3 is 2.50 bits per heavy atom. The number of carbonyl (C=O) groups excluding carboxylic acids is 1. The summed E-state index contributed by atoms with van der Waals surface area (Å²) in [6, 6.07) is 21.5. The molecule has 72 heavy (non-hydrogen) atoms. The number of pyridine rings is 1. The monoisotopic (exact) mass is 1000 g/mol. The van der Waals surface area contributed by atoms with E-state index in [1.165, 1.54) is 42.9 Å². The van der Waals surface area contributed by atoms with Crippen LogP contribution in [-0.2, 0) is 10.0 Å². The number of carbonyl (C=O) groups is 1. The van der Waals surface area contributed by atoms with Gasteiger partial charge in [0.25, 0.3) is 21.8 Å². The van der Waals surface area contributed by atoms with E-state index in [-0.39, 0.29) is 69.3 Å². The van der Waals surface area contributed by atoms with Crippen molar-refractivity contribution >= 4 is 44.0 Å². The van der Waals surface area contributed by atoms with E-state index in [4.69, 9.17) is 19.2 Å². The number of aromatic amines is 1. The lowest BCUT2D eigenvalue weighted by Crippen LogP contribution is -2.54. The number of fused-ring (bicyclic) bond motifs is 2. The maximum Gasteiger partial charge on any atom is 0.268 e. The van der Waals surface area contributed by atoms with Gasteiger partial charge >= 0.3 is 0 Å². The Morgan fingerprint density at radius 2 is 1.76 bits per heavy atom. The van der Waals surface area contributed by atoms with Crippen LogP contribution in [0.2, 0.25) is 0 Å². The Morgan fingerprint density at radius 1 is 0.972 bits per heavy atom. The van der Waals surface area contributed by atoms with Gasteiger partial charge in [0, 0.05) is 60.6 Å². The van der Waals surface area contributed by atoms with E-state index in [9.17, 15) is 23.2 Å². The van der Waals surface area contributed by atoms with Gasteiger partial charge in [0.1, 0.15) is 41.7 Å². The number of aliphatic hydroxyl groups is 1. The Kier molecular flexibility index (Phi) is 13.0. The van der Waals surface area contributed by atoms with Crippen molar-refractivity contribution in [3.63, 3.8) is 0 Å². The van der Waals surface area contributed by atoms with Crippen LogP contribution in [0.25, 0.3) is 11.0 Å². The number of nitroso groups, excluding NO2 is 1. The van der Waals surface area contributed by atoms with Gasteiger partial charge in [-0.2, -0.15) is 4.98 Å². The van der Waals surface area contributed by atoms with Crippen LogP contribution in [0.5, 0.6) is 23.1 Å². The van der Waals surface area contributed by atoms with Crippen molar-refractivity contribution in [2.24, 2.45) is 16.5 Å². The molecule has 0 unspecified atom stereocenters. The van der Waals surface area contributed by atoms with Crippen molar-refractivity contribution in [2.45, 2.75) is 132 Å². The van der Waals surface area contributed by atoms with E-state index in [0.717, 1.165) is 75.4 Å². The molecule has 4 N–H and O–H groups in total. The van der Waals surface area contributed by atoms with Crippen LogP contribution in [0, 0.1) is 16.2 Å². The second-order valence-corrected chi connectivity index (χ2v) is 23.9. The summed E-state index contributed by atoms with van der Waals surface area (Å²) >= 11 is 0. The van der Waals surface area contributed by atoms with Gasteiger partial charge in [-0.05, 0) is 162 Å². The molecule has 0 bridgehead atoms. The fraction of sp³-hybridized carbons (Fsp3) is 0.527. The van der Waals surface area contributed by atoms with Gasteiger partial charge in [-0.25, -0.2) is 13.1 Å². The average molecular weight is 1000 g/mol. The molecule has 4 aliphatic heterocycles. The number of H-pyrrole nitrogens is 1. The first-order valence-corrected chi connectivity index (χ1v) is 27.6. The SMILES string of the molecule is CC(C)c1ccccc1[C@@H]1CCCN1C1CC2(CCN(c3ccc(C(=O)NS(=O)(=O)c4cc(N=O)c5c(c4)OC[C@H]([C@H]4CC[C@](C)(O)CC4)N5)c(Oc4cc5cc[nH]c5nc4OC[C@H]4CCN4C)c3)CC2)C1. The van der Waals surface area contributed by atoms with Crippen molar-refractivity contribution in [2.75, 3.05) is 56.7 Å². The Labute approximate surface area is 422 Å². The third-order valence-corrected chi connectivity index (χ3v) is 18.4. The van der Waals surface area contributed by atoms with Crippen molar-refractivity contribution in [1.29, 1.82) is 0 Å². The molecule has 3 atom stereocenters. The van der Waals surface area contributed by atoms with Gasteiger partial charge in [-0.3, -0.25) is 14.6 Å². The summed E-state index contributed by atoms with van der Waals surface area (Å²) in [5.41, 5.74) is 4.14. The molecule has 2 aliphatic carbocycles. The van der Waals surface area contributed by atoms with Gasteiger partial charge < -0.3 is 34.5 Å². The minimum Gasteiger partial charge on any atom is -0.489 e. The zero-order valence-corrected chi connectivity index (χ0v) is 42.7. The lowest BCUT2D eigenvalue weighted by molar-refractivity contribution is -0.0227. The molecule has 382 valence electrons. The van der Waals surface area contributed by atoms with Crippen LogP contribution in [0.1, 0.15) is 125 Å². The van der Waals surface area contributed by atoms with E-state index in [1.54, 1.807) is 12.3 Å². The highest BCUT2D eigenvalue weighted by Crippen LogP contribution is 2.54. The zero-order valence-electron chi connectivity index (χ0n) is 41.9. The highest BCUT2D eigenvalue weighted by Gasteiger charge is 2.50. The maximum absolute atomic E-state index is 14.4. The number of hydrogen-bond donors (Lipinski definition) is 4. The number of rotatable bonds is 14. The molecule has 17 heteroatoms. The zero-order chi connectivity index (χ0) is 49.9. The van der Waals surface area contributed by atoms with Crippen molar-refractivity contribution in [3.8, 4) is 23.1 Å². The van der Waals surface area contributed by atoms with Crippen LogP contribution < -0.4 is 29.1 Å². The fourth-order valence-electron chi connectivity index (χ4n) is 12.5. The number of benzene rings is 3. The normalized spacial score (nSPS) is 25.6. The van der Waals surface area contributed by atoms with Crippen LogP contribution in [0.4, 0.5) is 17.1 Å². The van der Waals surface area contributed by atoms with Gasteiger partial charge in [0.15, 0.2) is 5.75 Å². The summed E-state index contributed by atoms with van der Waals surface area (Å²) in [5, 5.41) is 17.8. The molecule has 0 radical (unpaired) electrons. The number of anilines is 2. The maximum atomic E-state index is 14.4. The molecule has 1 amide bonds. The van der Waals surface area contributed by atoms with Crippen LogP contribution in [-0.4, -0.2) is 109 Å². The average Bonchev–Trinajstić information content (AvgIpc) is 4.04. The molecule has 2 saturated carbocycles. The number of aromatic nitrogens is 2. The summed E-state index contributed by atoms with van der Waals surface area (Å²) in [7, 11) is -2.53. The summed E-state index contributed by atoms with van der Waals surface area (Å²) in [5.74, 6) is 0.562. The first-order valence-electron chi connectivity index (χ1n) is 26.1. The number of piperidine rings is 1. The summed E-state index contributed by atoms with van der Waals surface area (Å²) in [4.78, 5) is 41.6. The predicted molar refractivity (Wildman–Crippen MR) is 277 cm³/mol. The van der Waals surface area contributed by atoms with Gasteiger partial charge in [-0.15, -0.1) is 4.91 Å². The minimum atomic E-state index is -4.59. The van der Waals surface area contributed by atoms with Crippen LogP contribution in [0.3, 0.4) is 0 Å². The first-order chi connectivity index (χ1) is 34.6. The molecule has 5 fully saturated rings. The number of likely N-dealkylation sites (N-methyl/N-ethyl adjacent to an activating group) is 1. The Bertz CT molecular complexity index is 2950. The summed E-state index contributed by atoms with van der Waals surface area (Å²) in [6.45, 7) is 10.8. The van der Waals surface area contributed by atoms with E-state index in [2.05, 4.69) is 80.1 Å². The summed E-state index contributed by atoms with van der Waals surface area (Å²) < 4.78 is 49.7. The second kappa shape index (κ2) is 19.3. The molecule has 3 aromatic carbocycles. The molecule has 5 aromatic rings. The van der Waals surface area contributed by atoms with Gasteiger partial charge in [-0.1, -0.05) is 38.1 Å². The van der Waals surface area contributed by atoms with Gasteiger partial charge in [0.2, 0.25) is 0 Å². The predicted octanol–water partition coefficient (Wildman–Crippen LogP) is 9.78. The van der Waals surface area contributed by atoms with E-state index >= 15 is 0 Å². The largest absolute Gasteiger partial charge is 0.489 e. The summed E-state index contributed by atoms with van der Waals surface area (Å²) in [6.07, 6.45) is 12.5. The number of nitrogens with one attached hydrogen (secondary N) is 3. The minimum absolute atomic E-state index is 0.0189. The fourth-order valence-corrected chi connectivity index (χ4v) is 13.5. The quantitative estimate of drug-likeness (QED) is 0.0770. The molecule has 16 nitrogen and oxygen atoms in total. The molecule has 3 saturated heterocycles. The van der Waals surface area contributed by atoms with Crippen LogP contribution >= 0.6 is 0 Å². The molecular formula is C55H68N8O8S. The molecule has 11 rings (SSSR count). The van der Waals surface area contributed by atoms with Crippen molar-refractivity contribution < 1.29 is 32.5 Å². The Hall–Kier alpha value is -5.75. The number of ether oxygens (including phenoxy) is 3. The Balaban J connectivity index is 0.834. The third kappa shape index (κ3) is 9.53. The lowest BCUT2D eigenvalue weighted by Gasteiger charge is -2.56. The number of sulfonamides is 1. The number of likely N-dealkylation sites (tertiary alicyclic amines) is 2. The van der Waals surface area contributed by atoms with Gasteiger partial charge in [0.05, 0.1) is 22.1 Å². The number of nitrogens with zero attached hydrogens (tertiary/aromatic N) is 5. The highest BCUT2D eigenvalue weighted by atomic mass is 32.2. The van der Waals surface area contributed by atoms with E-state index < -0.39 is 21.5 Å². The smallest absolute Gasteiger partial charge is 0.268 e. The molecular weight excluding hydrogens is 933 g/mol. The topological polar surface area (TPSA) is 191 Å². The number of hydrogen-bond acceptors (Lipinski definition) is 14. The molecule has 6 aliphatic rings. The first kappa shape index (κ1) is 48.5. The van der Waals surface area contributed by atoms with Crippen LogP contribution in [0.15, 0.2) is 83.0 Å². The molecule has 6 heterocycles. The van der Waals surface area contributed by atoms with Crippen molar-refractivity contribution in [3.05, 3.63) is 94.5 Å². The standard InChI is InChI=1S/C55H68N8O8S/c1-34(2)41-8-5-6-9-42(41)46-10-7-22-63(46)39-30-55(31-39)19-24-62(25-20-55)37-11-12-43(47(27-37)71-49-26-36-15-21-56-51(36)58-53(49)70-32-38-16-23-61(38)4)52(64)60-72(67,68)40-28-44(59-66)50-48(29-40)69-33-45(57-50)35-13-17-54(3,65)18-14-35/h5-6,8-9,11-12,15,21,26-29,34-35,38-39,45-46,57,65H,7,10,13-14,16-20,22-25,30-33H2,1-4H3,(H,56,58)(H,60,64)/t35-,38-,45-,46+,54-/m1/s1.